The average molecular weight is 304 g/mol. The molecule has 108 valence electrons. The number of alkyl halides is 1. The largest absolute Gasteiger partial charge is 0.355 e. The number of amides is 1. The average Bonchev–Trinajstić information content (AvgIpc) is 2.84. The van der Waals surface area contributed by atoms with E-state index in [0.717, 1.165) is 43.1 Å². The molecule has 1 aromatic heterocycles. The molecule has 19 heavy (non-hydrogen) atoms. The molecule has 0 bridgehead atoms. The Balaban J connectivity index is 2.16. The number of likely N-dealkylation sites (N-methyl/N-ethyl adjacent to an activating group) is 1. The van der Waals surface area contributed by atoms with Gasteiger partial charge < -0.3 is 5.32 Å². The number of nitrogens with one attached hydrogen (secondary N) is 1. The maximum atomic E-state index is 11.5. The highest BCUT2D eigenvalue weighted by Gasteiger charge is 2.06. The first-order valence-electron chi connectivity index (χ1n) is 6.60. The summed E-state index contributed by atoms with van der Waals surface area (Å²) in [5.74, 6) is 0.580. The van der Waals surface area contributed by atoms with Gasteiger partial charge in [-0.15, -0.1) is 22.9 Å². The molecule has 0 atom stereocenters. The number of halogens is 1. The van der Waals surface area contributed by atoms with Gasteiger partial charge in [0, 0.05) is 18.3 Å². The van der Waals surface area contributed by atoms with Crippen LogP contribution < -0.4 is 5.32 Å². The van der Waals surface area contributed by atoms with E-state index in [9.17, 15) is 4.79 Å². The number of thiazole rings is 1. The molecule has 0 aromatic carbocycles. The fourth-order valence-corrected chi connectivity index (χ4v) is 2.74. The third kappa shape index (κ3) is 6.89. The number of carbonyl (C=O) groups is 1. The Labute approximate surface area is 124 Å². The number of hydrogen-bond donors (Lipinski definition) is 1. The van der Waals surface area contributed by atoms with Crippen LogP contribution in [0, 0.1) is 0 Å². The van der Waals surface area contributed by atoms with Gasteiger partial charge in [0.05, 0.1) is 23.1 Å². The normalized spacial score (nSPS) is 10.9. The van der Waals surface area contributed by atoms with Gasteiger partial charge in [-0.25, -0.2) is 4.98 Å². The minimum atomic E-state index is 0.100. The minimum absolute atomic E-state index is 0.100. The van der Waals surface area contributed by atoms with Crippen LogP contribution in [0.15, 0.2) is 5.38 Å². The summed E-state index contributed by atoms with van der Waals surface area (Å²) < 4.78 is 0. The molecule has 0 saturated carbocycles. The van der Waals surface area contributed by atoms with Crippen LogP contribution in [0.5, 0.6) is 0 Å². The van der Waals surface area contributed by atoms with Crippen molar-refractivity contribution in [3.8, 4) is 0 Å². The van der Waals surface area contributed by atoms with Gasteiger partial charge in [0.15, 0.2) is 0 Å². The second-order valence-electron chi connectivity index (χ2n) is 4.56. The van der Waals surface area contributed by atoms with Crippen molar-refractivity contribution in [2.45, 2.75) is 32.1 Å². The summed E-state index contributed by atoms with van der Waals surface area (Å²) in [6.07, 6.45) is 2.93. The molecule has 6 heteroatoms. The van der Waals surface area contributed by atoms with Crippen LogP contribution in [0.3, 0.4) is 0 Å². The number of aryl methyl sites for hydroxylation is 1. The Kier molecular flexibility index (Phi) is 8.02. The molecule has 1 aromatic rings. The molecule has 4 nitrogen and oxygen atoms in total. The molecule has 0 saturated heterocycles. The highest BCUT2D eigenvalue weighted by molar-refractivity contribution is 7.09. The standard InChI is InChI=1S/C13H22ClN3OS/c1-3-6-15-12(18)9-17(2)7-4-5-13-16-11(8-14)10-19-13/h10H,3-9H2,1-2H3,(H,15,18). The molecule has 1 heterocycles. The van der Waals surface area contributed by atoms with Crippen molar-refractivity contribution in [3.05, 3.63) is 16.1 Å². The monoisotopic (exact) mass is 303 g/mol. The number of rotatable bonds is 9. The fourth-order valence-electron chi connectivity index (χ4n) is 1.67. The molecule has 0 aliphatic carbocycles. The SMILES string of the molecule is CCCNC(=O)CN(C)CCCc1nc(CCl)cs1. The topological polar surface area (TPSA) is 45.2 Å². The van der Waals surface area contributed by atoms with Gasteiger partial charge >= 0.3 is 0 Å². The van der Waals surface area contributed by atoms with Gasteiger partial charge in [-0.05, 0) is 26.4 Å². The first-order chi connectivity index (χ1) is 9.15. The number of aromatic nitrogens is 1. The second-order valence-corrected chi connectivity index (χ2v) is 5.77. The molecular formula is C13H22ClN3OS. The molecule has 0 radical (unpaired) electrons. The van der Waals surface area contributed by atoms with Crippen LogP contribution in [0.1, 0.15) is 30.5 Å². The highest BCUT2D eigenvalue weighted by atomic mass is 35.5. The lowest BCUT2D eigenvalue weighted by Gasteiger charge is -2.15. The van der Waals surface area contributed by atoms with Crippen LogP contribution in [-0.4, -0.2) is 42.5 Å². The third-order valence-corrected chi connectivity index (χ3v) is 3.88. The molecule has 0 aliphatic rings. The lowest BCUT2D eigenvalue weighted by molar-refractivity contribution is -0.121. The zero-order valence-electron chi connectivity index (χ0n) is 11.6. The number of carbonyl (C=O) groups excluding carboxylic acids is 1. The molecule has 1 N–H and O–H groups in total. The molecule has 0 unspecified atom stereocenters. The molecule has 0 spiro atoms. The first-order valence-corrected chi connectivity index (χ1v) is 8.01. The van der Waals surface area contributed by atoms with Crippen LogP contribution in [0.2, 0.25) is 0 Å². The van der Waals surface area contributed by atoms with Crippen molar-refractivity contribution < 1.29 is 4.79 Å². The van der Waals surface area contributed by atoms with E-state index in [1.54, 1.807) is 11.3 Å². The Bertz CT molecular complexity index is 384. The summed E-state index contributed by atoms with van der Waals surface area (Å²) in [5.41, 5.74) is 0.953. The molecule has 1 amide bonds. The smallest absolute Gasteiger partial charge is 0.234 e. The maximum absolute atomic E-state index is 11.5. The van der Waals surface area contributed by atoms with E-state index in [0.29, 0.717) is 12.4 Å². The first kappa shape index (κ1) is 16.4. The Morgan fingerprint density at radius 1 is 1.58 bits per heavy atom. The van der Waals surface area contributed by atoms with Gasteiger partial charge in [-0.1, -0.05) is 6.92 Å². The van der Waals surface area contributed by atoms with Gasteiger partial charge in [0.1, 0.15) is 0 Å². The van der Waals surface area contributed by atoms with Gasteiger partial charge in [0.25, 0.3) is 0 Å². The number of nitrogens with zero attached hydrogens (tertiary/aromatic N) is 2. The Morgan fingerprint density at radius 3 is 3.00 bits per heavy atom. The van der Waals surface area contributed by atoms with Crippen LogP contribution in [0.25, 0.3) is 0 Å². The van der Waals surface area contributed by atoms with E-state index in [1.165, 1.54) is 0 Å². The fraction of sp³-hybridized carbons (Fsp3) is 0.692. The number of hydrogen-bond acceptors (Lipinski definition) is 4. The summed E-state index contributed by atoms with van der Waals surface area (Å²) in [5, 5.41) is 6.01. The molecule has 1 rings (SSSR count). The predicted octanol–water partition coefficient (Wildman–Crippen LogP) is 2.27. The zero-order valence-corrected chi connectivity index (χ0v) is 13.2. The molecule has 0 aliphatic heterocycles. The zero-order chi connectivity index (χ0) is 14.1. The van der Waals surface area contributed by atoms with E-state index in [1.807, 2.05) is 24.3 Å². The lowest BCUT2D eigenvalue weighted by atomic mass is 10.3. The quantitative estimate of drug-likeness (QED) is 0.712. The van der Waals surface area contributed by atoms with Crippen LogP contribution in [0.4, 0.5) is 0 Å². The van der Waals surface area contributed by atoms with Crippen molar-refractivity contribution in [2.24, 2.45) is 0 Å². The van der Waals surface area contributed by atoms with Gasteiger partial charge in [0.2, 0.25) is 5.91 Å². The van der Waals surface area contributed by atoms with E-state index in [2.05, 4.69) is 10.3 Å². The van der Waals surface area contributed by atoms with E-state index in [-0.39, 0.29) is 5.91 Å². The van der Waals surface area contributed by atoms with Crippen molar-refractivity contribution in [1.29, 1.82) is 0 Å². The summed E-state index contributed by atoms with van der Waals surface area (Å²) in [6, 6.07) is 0. The second kappa shape index (κ2) is 9.28. The Morgan fingerprint density at radius 2 is 2.37 bits per heavy atom. The minimum Gasteiger partial charge on any atom is -0.355 e. The maximum Gasteiger partial charge on any atom is 0.234 e. The molecule has 0 fully saturated rings. The summed E-state index contributed by atoms with van der Waals surface area (Å²) >= 11 is 7.37. The van der Waals surface area contributed by atoms with Crippen LogP contribution >= 0.6 is 22.9 Å². The van der Waals surface area contributed by atoms with E-state index in [4.69, 9.17) is 11.6 Å². The predicted molar refractivity (Wildman–Crippen MR) is 80.8 cm³/mol. The van der Waals surface area contributed by atoms with Crippen molar-refractivity contribution in [2.75, 3.05) is 26.7 Å². The summed E-state index contributed by atoms with van der Waals surface area (Å²) in [4.78, 5) is 18.0. The van der Waals surface area contributed by atoms with Crippen molar-refractivity contribution in [1.82, 2.24) is 15.2 Å². The van der Waals surface area contributed by atoms with E-state index >= 15 is 0 Å². The van der Waals surface area contributed by atoms with Gasteiger partial charge in [-0.3, -0.25) is 9.69 Å². The van der Waals surface area contributed by atoms with Crippen LogP contribution in [-0.2, 0) is 17.1 Å². The van der Waals surface area contributed by atoms with Gasteiger partial charge in [-0.2, -0.15) is 0 Å². The summed E-state index contributed by atoms with van der Waals surface area (Å²) in [7, 11) is 1.97. The highest BCUT2D eigenvalue weighted by Crippen LogP contribution is 2.13. The van der Waals surface area contributed by atoms with Crippen molar-refractivity contribution in [3.63, 3.8) is 0 Å². The van der Waals surface area contributed by atoms with E-state index < -0.39 is 0 Å². The summed E-state index contributed by atoms with van der Waals surface area (Å²) in [6.45, 7) is 4.17. The Hall–Kier alpha value is -0.650. The van der Waals surface area contributed by atoms with Crippen molar-refractivity contribution >= 4 is 28.8 Å². The molecular weight excluding hydrogens is 282 g/mol. The third-order valence-electron chi connectivity index (χ3n) is 2.65. The lowest BCUT2D eigenvalue weighted by Crippen LogP contribution is -2.35.